The Labute approximate surface area is 232 Å². The van der Waals surface area contributed by atoms with Crippen molar-refractivity contribution in [3.8, 4) is 0 Å². The predicted octanol–water partition coefficient (Wildman–Crippen LogP) is 5.73. The average molecular weight is 556 g/mol. The van der Waals surface area contributed by atoms with Gasteiger partial charge < -0.3 is 5.11 Å². The fourth-order valence-corrected chi connectivity index (χ4v) is 9.11. The number of aliphatic hydroxyl groups is 1. The van der Waals surface area contributed by atoms with Gasteiger partial charge in [0.25, 0.3) is 5.69 Å². The Balaban J connectivity index is 1.45. The Morgan fingerprint density at radius 3 is 2.52 bits per heavy atom. The van der Waals surface area contributed by atoms with E-state index in [0.717, 1.165) is 51.0 Å². The zero-order valence-electron chi connectivity index (χ0n) is 23.1. The number of nitro benzene ring substituents is 2. The van der Waals surface area contributed by atoms with E-state index in [-0.39, 0.29) is 51.8 Å². The van der Waals surface area contributed by atoms with Crippen molar-refractivity contribution in [2.75, 3.05) is 12.0 Å². The molecule has 12 nitrogen and oxygen atoms in total. The summed E-state index contributed by atoms with van der Waals surface area (Å²) in [6, 6.07) is 3.34. The van der Waals surface area contributed by atoms with Crippen LogP contribution in [0.25, 0.3) is 0 Å². The molecule has 0 aliphatic heterocycles. The molecule has 0 heterocycles. The maximum atomic E-state index is 11.8. The highest BCUT2D eigenvalue weighted by Crippen LogP contribution is 2.67. The van der Waals surface area contributed by atoms with Crippen molar-refractivity contribution >= 4 is 22.8 Å². The number of fused-ring (bicyclic) bond motifs is 5. The highest BCUT2D eigenvalue weighted by Gasteiger charge is 2.62. The lowest BCUT2D eigenvalue weighted by atomic mass is 9.47. The van der Waals surface area contributed by atoms with Crippen LogP contribution in [0.3, 0.4) is 0 Å². The number of hydrazone groups is 1. The van der Waals surface area contributed by atoms with Crippen LogP contribution < -0.4 is 5.43 Å². The van der Waals surface area contributed by atoms with Crippen LogP contribution in [-0.2, 0) is 0 Å². The van der Waals surface area contributed by atoms with Gasteiger partial charge in [-0.15, -0.1) is 0 Å². The molecule has 4 aliphatic carbocycles. The predicted molar refractivity (Wildman–Crippen MR) is 148 cm³/mol. The summed E-state index contributed by atoms with van der Waals surface area (Å²) in [6.45, 7) is 6.24. The first kappa shape index (κ1) is 28.1. The van der Waals surface area contributed by atoms with Gasteiger partial charge in [-0.3, -0.25) is 35.8 Å². The van der Waals surface area contributed by atoms with E-state index in [4.69, 9.17) is 0 Å². The number of hydrogen-bond acceptors (Lipinski definition) is 9. The number of non-ortho nitro benzene ring substituents is 1. The van der Waals surface area contributed by atoms with E-state index in [2.05, 4.69) is 30.5 Å². The molecular weight excluding hydrogens is 518 g/mol. The molecule has 8 atom stereocenters. The van der Waals surface area contributed by atoms with Gasteiger partial charge in [0.05, 0.1) is 22.0 Å². The number of hydrogen-bond donors (Lipinski definition) is 2. The third-order valence-electron chi connectivity index (χ3n) is 10.8. The molecule has 0 spiro atoms. The molecule has 1 aromatic rings. The van der Waals surface area contributed by atoms with Gasteiger partial charge in [-0.1, -0.05) is 25.5 Å². The van der Waals surface area contributed by atoms with Crippen molar-refractivity contribution in [2.24, 2.45) is 45.5 Å². The Bertz CT molecular complexity index is 1300. The highest BCUT2D eigenvalue weighted by atomic mass is 16.6. The zero-order valence-corrected chi connectivity index (χ0v) is 23.1. The summed E-state index contributed by atoms with van der Waals surface area (Å²) in [7, 11) is 0. The van der Waals surface area contributed by atoms with E-state index in [0.29, 0.717) is 17.5 Å². The normalized spacial score (nSPS) is 37.0. The van der Waals surface area contributed by atoms with Crippen LogP contribution in [0.1, 0.15) is 65.7 Å². The molecule has 0 bridgehead atoms. The van der Waals surface area contributed by atoms with E-state index >= 15 is 0 Å². The summed E-state index contributed by atoms with van der Waals surface area (Å²) in [5.74, 6) is 0.763. The molecule has 0 saturated heterocycles. The van der Waals surface area contributed by atoms with E-state index in [1.54, 1.807) is 0 Å². The van der Waals surface area contributed by atoms with E-state index in [1.165, 1.54) is 17.7 Å². The standard InChI is InChI=1S/C28H37N5O7/c1-16(29-30-24-7-5-19(32(37)38)14-25(24)33(39)40)26-17(15-31(35)36)12-23-21-6-4-18-13-20(34)8-10-27(18,2)22(21)9-11-28(23,26)3/h4-5,7,14,17,20-23,26,30,34H,6,8-13,15H2,1-3H3/b29-16+/t17-,20-,21+,22-,23-,26-,27-,28-/m0/s1. The van der Waals surface area contributed by atoms with Gasteiger partial charge in [-0.05, 0) is 86.5 Å². The van der Waals surface area contributed by atoms with Gasteiger partial charge in [0.2, 0.25) is 6.54 Å². The fourth-order valence-electron chi connectivity index (χ4n) is 9.11. The molecule has 40 heavy (non-hydrogen) atoms. The minimum absolute atomic E-state index is 0.0292. The van der Waals surface area contributed by atoms with Gasteiger partial charge >= 0.3 is 5.69 Å². The molecule has 12 heteroatoms. The molecule has 0 unspecified atom stereocenters. The second kappa shape index (κ2) is 10.2. The van der Waals surface area contributed by atoms with E-state index in [9.17, 15) is 35.4 Å². The van der Waals surface area contributed by atoms with Crippen molar-refractivity contribution in [1.82, 2.24) is 0 Å². The molecule has 4 aliphatic rings. The topological polar surface area (TPSA) is 174 Å². The third kappa shape index (κ3) is 4.65. The first-order valence-corrected chi connectivity index (χ1v) is 14.1. The number of allylic oxidation sites excluding steroid dienone is 1. The van der Waals surface area contributed by atoms with E-state index in [1.807, 2.05) is 6.92 Å². The summed E-state index contributed by atoms with van der Waals surface area (Å²) in [4.78, 5) is 32.8. The van der Waals surface area contributed by atoms with Crippen molar-refractivity contribution in [2.45, 2.75) is 71.8 Å². The zero-order chi connectivity index (χ0) is 29.0. The van der Waals surface area contributed by atoms with Gasteiger partial charge in [0, 0.05) is 28.5 Å². The largest absolute Gasteiger partial charge is 0.393 e. The summed E-state index contributed by atoms with van der Waals surface area (Å²) in [5.41, 5.74) is 3.80. The molecule has 216 valence electrons. The van der Waals surface area contributed by atoms with Gasteiger partial charge in [0.1, 0.15) is 5.69 Å². The Morgan fingerprint density at radius 2 is 1.85 bits per heavy atom. The van der Waals surface area contributed by atoms with Gasteiger partial charge in [-0.2, -0.15) is 5.10 Å². The van der Waals surface area contributed by atoms with Crippen LogP contribution in [0.4, 0.5) is 17.1 Å². The number of nitro groups is 3. The molecule has 5 rings (SSSR count). The van der Waals surface area contributed by atoms with Crippen LogP contribution in [0, 0.1) is 70.8 Å². The summed E-state index contributed by atoms with van der Waals surface area (Å²) < 4.78 is 0. The molecule has 0 aromatic heterocycles. The van der Waals surface area contributed by atoms with Gasteiger partial charge in [0.15, 0.2) is 0 Å². The summed E-state index contributed by atoms with van der Waals surface area (Å²) in [6.07, 6.45) is 8.14. The maximum Gasteiger partial charge on any atom is 0.301 e. The minimum Gasteiger partial charge on any atom is -0.393 e. The number of rotatable bonds is 7. The SMILES string of the molecule is C/C(=N\Nc1ccc([N+](=O)[O-])cc1[N+](=O)[O-])[C@H]1[C@H](C[N+](=O)[O-])C[C@H]2[C@@H]3CC=C4C[C@@H](O)CC[C@]4(C)[C@H]3CC[C@@]21C. The number of anilines is 1. The number of nitrogens with one attached hydrogen (secondary N) is 1. The van der Waals surface area contributed by atoms with Crippen molar-refractivity contribution in [3.63, 3.8) is 0 Å². The van der Waals surface area contributed by atoms with Crippen molar-refractivity contribution in [1.29, 1.82) is 0 Å². The summed E-state index contributed by atoms with van der Waals surface area (Å²) in [5, 5.41) is 49.2. The van der Waals surface area contributed by atoms with Crippen LogP contribution in [0.2, 0.25) is 0 Å². The molecule has 3 fully saturated rings. The third-order valence-corrected chi connectivity index (χ3v) is 10.8. The molecule has 0 amide bonds. The Morgan fingerprint density at radius 1 is 1.10 bits per heavy atom. The van der Waals surface area contributed by atoms with Crippen LogP contribution in [-0.4, -0.2) is 38.2 Å². The van der Waals surface area contributed by atoms with Gasteiger partial charge in [-0.25, -0.2) is 0 Å². The molecule has 3 saturated carbocycles. The van der Waals surface area contributed by atoms with Crippen molar-refractivity contribution < 1.29 is 19.9 Å². The first-order valence-electron chi connectivity index (χ1n) is 14.1. The minimum atomic E-state index is -0.695. The number of nitrogens with zero attached hydrogens (tertiary/aromatic N) is 4. The average Bonchev–Trinajstić information content (AvgIpc) is 3.18. The van der Waals surface area contributed by atoms with E-state index < -0.39 is 21.2 Å². The molecule has 1 aromatic carbocycles. The molecular formula is C28H37N5O7. The molecule has 0 radical (unpaired) electrons. The lowest BCUT2D eigenvalue weighted by molar-refractivity contribution is -0.489. The smallest absolute Gasteiger partial charge is 0.301 e. The molecule has 2 N–H and O–H groups in total. The lowest BCUT2D eigenvalue weighted by Crippen LogP contribution is -2.51. The fraction of sp³-hybridized carbons (Fsp3) is 0.679. The van der Waals surface area contributed by atoms with Crippen LogP contribution in [0.5, 0.6) is 0 Å². The second-order valence-electron chi connectivity index (χ2n) is 12.8. The second-order valence-corrected chi connectivity index (χ2v) is 12.8. The van der Waals surface area contributed by atoms with Crippen molar-refractivity contribution in [3.05, 3.63) is 60.2 Å². The number of benzene rings is 1. The van der Waals surface area contributed by atoms with Crippen LogP contribution >= 0.6 is 0 Å². The Kier molecular flexibility index (Phi) is 7.18. The highest BCUT2D eigenvalue weighted by molar-refractivity contribution is 5.87. The lowest BCUT2D eigenvalue weighted by Gasteiger charge is -2.58. The monoisotopic (exact) mass is 555 g/mol. The number of aliphatic hydroxyl groups excluding tert-OH is 1. The maximum absolute atomic E-state index is 11.8. The Hall–Kier alpha value is -3.41. The quantitative estimate of drug-likeness (QED) is 0.185. The first-order chi connectivity index (χ1) is 18.8. The van der Waals surface area contributed by atoms with Crippen LogP contribution in [0.15, 0.2) is 34.9 Å². The summed E-state index contributed by atoms with van der Waals surface area (Å²) >= 11 is 0.